The van der Waals surface area contributed by atoms with Gasteiger partial charge in [-0.3, -0.25) is 4.79 Å². The van der Waals surface area contributed by atoms with Gasteiger partial charge in [-0.1, -0.05) is 27.2 Å². The van der Waals surface area contributed by atoms with Gasteiger partial charge >= 0.3 is 5.97 Å². The van der Waals surface area contributed by atoms with E-state index in [-0.39, 0.29) is 11.9 Å². The molecule has 0 aromatic heterocycles. The highest BCUT2D eigenvalue weighted by atomic mass is 16.5. The van der Waals surface area contributed by atoms with Crippen LogP contribution in [-0.2, 0) is 14.3 Å². The third kappa shape index (κ3) is 4.61. The molecule has 0 N–H and O–H groups in total. The van der Waals surface area contributed by atoms with Crippen molar-refractivity contribution in [1.29, 1.82) is 0 Å². The van der Waals surface area contributed by atoms with Crippen LogP contribution in [0.4, 0.5) is 0 Å². The fraction of sp³-hybridized carbons (Fsp3) is 0.909. The number of carbonyl (C=O) groups excluding carboxylic acids is 1. The van der Waals surface area contributed by atoms with Crippen molar-refractivity contribution in [2.75, 3.05) is 20.3 Å². The molecule has 0 saturated heterocycles. The van der Waals surface area contributed by atoms with Gasteiger partial charge in [0.1, 0.15) is 0 Å². The molecule has 0 amide bonds. The summed E-state index contributed by atoms with van der Waals surface area (Å²) in [6, 6.07) is 0. The number of hydrogen-bond donors (Lipinski definition) is 0. The fourth-order valence-electron chi connectivity index (χ4n) is 1.24. The number of hydrogen-bond acceptors (Lipinski definition) is 3. The Kier molecular flexibility index (Phi) is 7.48. The second-order valence-corrected chi connectivity index (χ2v) is 3.61. The van der Waals surface area contributed by atoms with E-state index in [0.29, 0.717) is 19.1 Å². The summed E-state index contributed by atoms with van der Waals surface area (Å²) < 4.78 is 10.1. The summed E-state index contributed by atoms with van der Waals surface area (Å²) in [5, 5.41) is 0. The Morgan fingerprint density at radius 2 is 2.00 bits per heavy atom. The van der Waals surface area contributed by atoms with E-state index in [1.165, 1.54) is 0 Å². The summed E-state index contributed by atoms with van der Waals surface area (Å²) in [6.07, 6.45) is 1.83. The molecule has 2 unspecified atom stereocenters. The van der Waals surface area contributed by atoms with Gasteiger partial charge in [-0.2, -0.15) is 0 Å². The van der Waals surface area contributed by atoms with Crippen LogP contribution in [0.3, 0.4) is 0 Å². The van der Waals surface area contributed by atoms with Crippen LogP contribution in [0.15, 0.2) is 0 Å². The van der Waals surface area contributed by atoms with E-state index in [2.05, 4.69) is 13.8 Å². The van der Waals surface area contributed by atoms with Crippen LogP contribution < -0.4 is 0 Å². The first-order chi connectivity index (χ1) is 6.67. The lowest BCUT2D eigenvalue weighted by atomic mass is 9.92. The first kappa shape index (κ1) is 13.4. The van der Waals surface area contributed by atoms with Crippen molar-refractivity contribution in [2.24, 2.45) is 11.8 Å². The molecule has 0 spiro atoms. The zero-order valence-corrected chi connectivity index (χ0v) is 9.71. The minimum atomic E-state index is -0.122. The van der Waals surface area contributed by atoms with E-state index < -0.39 is 0 Å². The molecule has 0 aromatic rings. The number of ether oxygens (including phenoxy) is 2. The predicted molar refractivity (Wildman–Crippen MR) is 56.1 cm³/mol. The maximum absolute atomic E-state index is 11.6. The Morgan fingerprint density at radius 3 is 2.43 bits per heavy atom. The van der Waals surface area contributed by atoms with Gasteiger partial charge in [0, 0.05) is 7.11 Å². The van der Waals surface area contributed by atoms with Crippen molar-refractivity contribution < 1.29 is 14.3 Å². The van der Waals surface area contributed by atoms with Crippen molar-refractivity contribution in [2.45, 2.75) is 33.6 Å². The van der Waals surface area contributed by atoms with Crippen molar-refractivity contribution in [3.63, 3.8) is 0 Å². The van der Waals surface area contributed by atoms with Crippen LogP contribution in [0.1, 0.15) is 33.6 Å². The smallest absolute Gasteiger partial charge is 0.311 e. The van der Waals surface area contributed by atoms with Gasteiger partial charge < -0.3 is 9.47 Å². The number of rotatable bonds is 7. The molecule has 0 radical (unpaired) electrons. The minimum Gasteiger partial charge on any atom is -0.465 e. The lowest BCUT2D eigenvalue weighted by molar-refractivity contribution is -0.152. The molecule has 0 aliphatic rings. The quantitative estimate of drug-likeness (QED) is 0.594. The number of carbonyl (C=O) groups is 1. The van der Waals surface area contributed by atoms with Crippen LogP contribution >= 0.6 is 0 Å². The first-order valence-corrected chi connectivity index (χ1v) is 5.32. The molecule has 2 atom stereocenters. The summed E-state index contributed by atoms with van der Waals surface area (Å²) >= 11 is 0. The van der Waals surface area contributed by atoms with E-state index in [9.17, 15) is 4.79 Å². The highest BCUT2D eigenvalue weighted by Crippen LogP contribution is 2.17. The summed E-state index contributed by atoms with van der Waals surface area (Å²) in [7, 11) is 1.61. The van der Waals surface area contributed by atoms with Crippen molar-refractivity contribution in [3.05, 3.63) is 0 Å². The van der Waals surface area contributed by atoms with Gasteiger partial charge in [0.15, 0.2) is 0 Å². The average Bonchev–Trinajstić information content (AvgIpc) is 2.21. The third-order valence-corrected chi connectivity index (χ3v) is 2.43. The molecule has 3 nitrogen and oxygen atoms in total. The van der Waals surface area contributed by atoms with Crippen molar-refractivity contribution in [1.82, 2.24) is 0 Å². The number of esters is 1. The predicted octanol–water partition coefficient (Wildman–Crippen LogP) is 2.25. The Bertz CT molecular complexity index is 157. The summed E-state index contributed by atoms with van der Waals surface area (Å²) in [5.41, 5.74) is 0. The van der Waals surface area contributed by atoms with E-state index in [1.807, 2.05) is 6.92 Å². The molecule has 0 aromatic carbocycles. The van der Waals surface area contributed by atoms with Crippen LogP contribution in [0.25, 0.3) is 0 Å². The second-order valence-electron chi connectivity index (χ2n) is 3.61. The molecule has 0 aliphatic carbocycles. The maximum Gasteiger partial charge on any atom is 0.311 e. The minimum absolute atomic E-state index is 0.114. The van der Waals surface area contributed by atoms with Gasteiger partial charge in [-0.25, -0.2) is 0 Å². The molecular weight excluding hydrogens is 180 g/mol. The van der Waals surface area contributed by atoms with Crippen LogP contribution in [0, 0.1) is 11.8 Å². The summed E-state index contributed by atoms with van der Waals surface area (Å²) in [6.45, 7) is 7.08. The zero-order valence-electron chi connectivity index (χ0n) is 9.71. The van der Waals surface area contributed by atoms with E-state index in [0.717, 1.165) is 12.8 Å². The Morgan fingerprint density at radius 1 is 1.36 bits per heavy atom. The summed E-state index contributed by atoms with van der Waals surface area (Å²) in [5.74, 6) is 0.0823. The van der Waals surface area contributed by atoms with Crippen LogP contribution in [-0.4, -0.2) is 26.3 Å². The topological polar surface area (TPSA) is 35.5 Å². The van der Waals surface area contributed by atoms with E-state index in [1.54, 1.807) is 7.11 Å². The Balaban J connectivity index is 4.10. The van der Waals surface area contributed by atoms with Gasteiger partial charge in [0.05, 0.1) is 19.1 Å². The zero-order chi connectivity index (χ0) is 11.0. The largest absolute Gasteiger partial charge is 0.465 e. The third-order valence-electron chi connectivity index (χ3n) is 2.43. The van der Waals surface area contributed by atoms with Gasteiger partial charge in [-0.05, 0) is 12.3 Å². The van der Waals surface area contributed by atoms with Gasteiger partial charge in [0.2, 0.25) is 0 Å². The Hall–Kier alpha value is -0.570. The highest BCUT2D eigenvalue weighted by Gasteiger charge is 2.25. The SMILES string of the molecule is CCCOC(=O)C(COC)C(C)CC. The fourth-order valence-corrected chi connectivity index (χ4v) is 1.24. The molecule has 0 rings (SSSR count). The molecule has 0 aliphatic heterocycles. The maximum atomic E-state index is 11.6. The second kappa shape index (κ2) is 7.80. The molecule has 3 heteroatoms. The average molecular weight is 202 g/mol. The molecule has 0 bridgehead atoms. The van der Waals surface area contributed by atoms with Gasteiger partial charge in [-0.15, -0.1) is 0 Å². The van der Waals surface area contributed by atoms with Crippen LogP contribution in [0.5, 0.6) is 0 Å². The van der Waals surface area contributed by atoms with Crippen molar-refractivity contribution >= 4 is 5.97 Å². The molecule has 14 heavy (non-hydrogen) atoms. The number of methoxy groups -OCH3 is 1. The van der Waals surface area contributed by atoms with E-state index in [4.69, 9.17) is 9.47 Å². The van der Waals surface area contributed by atoms with Gasteiger partial charge in [0.25, 0.3) is 0 Å². The molecule has 0 heterocycles. The van der Waals surface area contributed by atoms with Crippen molar-refractivity contribution in [3.8, 4) is 0 Å². The monoisotopic (exact) mass is 202 g/mol. The molecule has 84 valence electrons. The first-order valence-electron chi connectivity index (χ1n) is 5.32. The normalized spacial score (nSPS) is 14.9. The standard InChI is InChI=1S/C11H22O3/c1-5-7-14-11(12)10(8-13-4)9(3)6-2/h9-10H,5-8H2,1-4H3. The van der Waals surface area contributed by atoms with E-state index >= 15 is 0 Å². The van der Waals surface area contributed by atoms with Crippen LogP contribution in [0.2, 0.25) is 0 Å². The molecule has 0 fully saturated rings. The summed E-state index contributed by atoms with van der Waals surface area (Å²) in [4.78, 5) is 11.6. The lowest BCUT2D eigenvalue weighted by Gasteiger charge is -2.20. The molecular formula is C11H22O3. The lowest BCUT2D eigenvalue weighted by Crippen LogP contribution is -2.28. The molecule has 0 saturated carbocycles. The Labute approximate surface area is 86.8 Å². The highest BCUT2D eigenvalue weighted by molar-refractivity contribution is 5.72.